The monoisotopic (exact) mass is 231 g/mol. The lowest BCUT2D eigenvalue weighted by atomic mass is 10.0. The van der Waals surface area contributed by atoms with Crippen molar-refractivity contribution in [2.75, 3.05) is 6.26 Å². The third-order valence-corrected chi connectivity index (χ3v) is 3.24. The molecule has 2 nitrogen and oxygen atoms in total. The van der Waals surface area contributed by atoms with Gasteiger partial charge < -0.3 is 10.8 Å². The molecule has 3 N–H and O–H groups in total. The van der Waals surface area contributed by atoms with Gasteiger partial charge in [0.25, 0.3) is 0 Å². The zero-order chi connectivity index (χ0) is 10.7. The van der Waals surface area contributed by atoms with Crippen molar-refractivity contribution < 1.29 is 5.11 Å². The first kappa shape index (κ1) is 11.9. The molecule has 14 heavy (non-hydrogen) atoms. The van der Waals surface area contributed by atoms with E-state index in [4.69, 9.17) is 17.3 Å². The lowest BCUT2D eigenvalue weighted by molar-refractivity contribution is 0.153. The normalized spacial score (nSPS) is 15.2. The van der Waals surface area contributed by atoms with Gasteiger partial charge in [0.15, 0.2) is 0 Å². The molecule has 0 aliphatic carbocycles. The van der Waals surface area contributed by atoms with Crippen molar-refractivity contribution in [1.82, 2.24) is 0 Å². The highest BCUT2D eigenvalue weighted by molar-refractivity contribution is 7.98. The maximum atomic E-state index is 9.70. The smallest absolute Gasteiger partial charge is 0.0938 e. The van der Waals surface area contributed by atoms with E-state index in [0.717, 1.165) is 10.5 Å². The van der Waals surface area contributed by atoms with Crippen LogP contribution >= 0.6 is 23.4 Å². The average Bonchev–Trinajstić information content (AvgIpc) is 2.16. The minimum absolute atomic E-state index is 0.286. The number of hydrogen-bond donors (Lipinski definition) is 2. The molecular weight excluding hydrogens is 218 g/mol. The molecule has 1 rings (SSSR count). The van der Waals surface area contributed by atoms with Gasteiger partial charge in [-0.25, -0.2) is 0 Å². The SMILES string of the molecule is CSc1ccc(C(O)C(C)N)cc1Cl. The Bertz CT molecular complexity index is 317. The number of halogens is 1. The average molecular weight is 232 g/mol. The molecule has 2 unspecified atom stereocenters. The van der Waals surface area contributed by atoms with Crippen LogP contribution in [0.5, 0.6) is 0 Å². The zero-order valence-corrected chi connectivity index (χ0v) is 9.77. The molecule has 0 aliphatic heterocycles. The van der Waals surface area contributed by atoms with Gasteiger partial charge in [0.05, 0.1) is 11.1 Å². The molecule has 0 bridgehead atoms. The second-order valence-corrected chi connectivity index (χ2v) is 4.45. The predicted octanol–water partition coefficient (Wildman–Crippen LogP) is 2.44. The Labute approximate surface area is 93.5 Å². The van der Waals surface area contributed by atoms with Crippen LogP contribution in [0.1, 0.15) is 18.6 Å². The van der Waals surface area contributed by atoms with Gasteiger partial charge in [0.1, 0.15) is 0 Å². The Morgan fingerprint density at radius 1 is 1.50 bits per heavy atom. The highest BCUT2D eigenvalue weighted by Crippen LogP contribution is 2.28. The largest absolute Gasteiger partial charge is 0.387 e. The maximum absolute atomic E-state index is 9.70. The van der Waals surface area contributed by atoms with Crippen molar-refractivity contribution in [3.8, 4) is 0 Å². The molecule has 0 amide bonds. The van der Waals surface area contributed by atoms with Crippen LogP contribution in [-0.4, -0.2) is 17.4 Å². The van der Waals surface area contributed by atoms with Gasteiger partial charge in [0, 0.05) is 10.9 Å². The molecule has 0 aliphatic rings. The highest BCUT2D eigenvalue weighted by atomic mass is 35.5. The van der Waals surface area contributed by atoms with Crippen LogP contribution in [0.3, 0.4) is 0 Å². The van der Waals surface area contributed by atoms with Gasteiger partial charge in [-0.1, -0.05) is 17.7 Å². The van der Waals surface area contributed by atoms with Crippen LogP contribution < -0.4 is 5.73 Å². The zero-order valence-electron chi connectivity index (χ0n) is 8.20. The summed E-state index contributed by atoms with van der Waals surface area (Å²) in [6, 6.07) is 5.23. The van der Waals surface area contributed by atoms with E-state index in [0.29, 0.717) is 5.02 Å². The van der Waals surface area contributed by atoms with Gasteiger partial charge in [-0.2, -0.15) is 0 Å². The molecule has 0 spiro atoms. The van der Waals surface area contributed by atoms with Crippen molar-refractivity contribution in [3.05, 3.63) is 28.8 Å². The van der Waals surface area contributed by atoms with E-state index in [2.05, 4.69) is 0 Å². The minimum Gasteiger partial charge on any atom is -0.387 e. The van der Waals surface area contributed by atoms with Gasteiger partial charge >= 0.3 is 0 Å². The molecule has 1 aromatic carbocycles. The van der Waals surface area contributed by atoms with E-state index < -0.39 is 6.10 Å². The molecule has 0 saturated carbocycles. The highest BCUT2D eigenvalue weighted by Gasteiger charge is 2.13. The number of benzene rings is 1. The topological polar surface area (TPSA) is 46.2 Å². The van der Waals surface area contributed by atoms with E-state index in [9.17, 15) is 5.11 Å². The lowest BCUT2D eigenvalue weighted by Gasteiger charge is -2.15. The van der Waals surface area contributed by atoms with Gasteiger partial charge in [-0.15, -0.1) is 11.8 Å². The summed E-state index contributed by atoms with van der Waals surface area (Å²) in [6.45, 7) is 1.76. The first-order valence-corrected chi connectivity index (χ1v) is 5.93. The van der Waals surface area contributed by atoms with E-state index in [-0.39, 0.29) is 6.04 Å². The molecular formula is C10H14ClNOS. The predicted molar refractivity (Wildman–Crippen MR) is 61.8 cm³/mol. The van der Waals surface area contributed by atoms with Crippen LogP contribution in [0, 0.1) is 0 Å². The summed E-state index contributed by atoms with van der Waals surface area (Å²) < 4.78 is 0. The van der Waals surface area contributed by atoms with Crippen LogP contribution in [0.25, 0.3) is 0 Å². The summed E-state index contributed by atoms with van der Waals surface area (Å²) in [5.74, 6) is 0. The van der Waals surface area contributed by atoms with E-state index >= 15 is 0 Å². The Balaban J connectivity index is 2.96. The fourth-order valence-corrected chi connectivity index (χ4v) is 2.05. The summed E-state index contributed by atoms with van der Waals surface area (Å²) in [5, 5.41) is 10.4. The van der Waals surface area contributed by atoms with Crippen molar-refractivity contribution in [3.63, 3.8) is 0 Å². The first-order chi connectivity index (χ1) is 6.56. The number of aliphatic hydroxyl groups is 1. The molecule has 2 atom stereocenters. The summed E-state index contributed by atoms with van der Waals surface area (Å²) in [4.78, 5) is 1.01. The third-order valence-electron chi connectivity index (χ3n) is 2.02. The first-order valence-electron chi connectivity index (χ1n) is 4.33. The summed E-state index contributed by atoms with van der Waals surface area (Å²) in [5.41, 5.74) is 6.36. The maximum Gasteiger partial charge on any atom is 0.0938 e. The number of hydrogen-bond acceptors (Lipinski definition) is 3. The fraction of sp³-hybridized carbons (Fsp3) is 0.400. The molecule has 0 radical (unpaired) electrons. The summed E-state index contributed by atoms with van der Waals surface area (Å²) in [6.07, 6.45) is 1.31. The number of nitrogens with two attached hydrogens (primary N) is 1. The molecule has 78 valence electrons. The van der Waals surface area contributed by atoms with Crippen molar-refractivity contribution >= 4 is 23.4 Å². The van der Waals surface area contributed by atoms with Crippen molar-refractivity contribution in [2.24, 2.45) is 5.73 Å². The van der Waals surface area contributed by atoms with Gasteiger partial charge in [-0.3, -0.25) is 0 Å². The van der Waals surface area contributed by atoms with E-state index in [1.165, 1.54) is 0 Å². The molecule has 4 heteroatoms. The number of rotatable bonds is 3. The molecule has 0 saturated heterocycles. The summed E-state index contributed by atoms with van der Waals surface area (Å²) >= 11 is 7.58. The molecule has 0 heterocycles. The van der Waals surface area contributed by atoms with Crippen LogP contribution in [0.15, 0.2) is 23.1 Å². The minimum atomic E-state index is -0.650. The third kappa shape index (κ3) is 2.64. The Morgan fingerprint density at radius 2 is 2.14 bits per heavy atom. The van der Waals surface area contributed by atoms with E-state index in [1.54, 1.807) is 24.8 Å². The number of aliphatic hydroxyl groups excluding tert-OH is 1. The Morgan fingerprint density at radius 3 is 2.57 bits per heavy atom. The Hall–Kier alpha value is -0.220. The molecule has 0 fully saturated rings. The second kappa shape index (κ2) is 5.03. The standard InChI is InChI=1S/C10H14ClNOS/c1-6(12)10(13)7-3-4-9(14-2)8(11)5-7/h3-6,10,13H,12H2,1-2H3. The van der Waals surface area contributed by atoms with Crippen molar-refractivity contribution in [1.29, 1.82) is 0 Å². The lowest BCUT2D eigenvalue weighted by Crippen LogP contribution is -2.24. The van der Waals surface area contributed by atoms with Crippen LogP contribution in [-0.2, 0) is 0 Å². The Kier molecular flexibility index (Phi) is 4.26. The van der Waals surface area contributed by atoms with Gasteiger partial charge in [0.2, 0.25) is 0 Å². The molecule has 1 aromatic rings. The summed E-state index contributed by atoms with van der Waals surface area (Å²) in [7, 11) is 0. The quantitative estimate of drug-likeness (QED) is 0.786. The van der Waals surface area contributed by atoms with Crippen LogP contribution in [0.4, 0.5) is 0 Å². The fourth-order valence-electron chi connectivity index (χ4n) is 1.17. The van der Waals surface area contributed by atoms with Crippen LogP contribution in [0.2, 0.25) is 5.02 Å². The second-order valence-electron chi connectivity index (χ2n) is 3.20. The van der Waals surface area contributed by atoms with Crippen molar-refractivity contribution in [2.45, 2.75) is 24.0 Å². The van der Waals surface area contributed by atoms with Gasteiger partial charge in [-0.05, 0) is 30.9 Å². The number of thioether (sulfide) groups is 1. The molecule has 0 aromatic heterocycles. The van der Waals surface area contributed by atoms with E-state index in [1.807, 2.05) is 18.4 Å².